The summed E-state index contributed by atoms with van der Waals surface area (Å²) < 4.78 is 21.0. The minimum absolute atomic E-state index is 0.0561. The van der Waals surface area contributed by atoms with Gasteiger partial charge in [-0.2, -0.15) is 0 Å². The van der Waals surface area contributed by atoms with E-state index in [4.69, 9.17) is 10.3 Å². The van der Waals surface area contributed by atoms with Crippen LogP contribution in [0.5, 0.6) is 0 Å². The number of aromatic nitrogens is 1. The van der Waals surface area contributed by atoms with Gasteiger partial charge in [0.1, 0.15) is 5.82 Å². The van der Waals surface area contributed by atoms with Crippen molar-refractivity contribution >= 4 is 28.7 Å². The fourth-order valence-electron chi connectivity index (χ4n) is 2.26. The summed E-state index contributed by atoms with van der Waals surface area (Å²) in [7, 11) is 0. The molecule has 112 valence electrons. The second kappa shape index (κ2) is 4.90. The molecule has 9 heteroatoms. The van der Waals surface area contributed by atoms with Crippen LogP contribution in [0.25, 0.3) is 5.69 Å². The first-order valence-corrected chi connectivity index (χ1v) is 7.13. The van der Waals surface area contributed by atoms with Gasteiger partial charge in [-0.05, 0) is 24.3 Å². The van der Waals surface area contributed by atoms with Crippen molar-refractivity contribution < 1.29 is 18.4 Å². The van der Waals surface area contributed by atoms with Crippen LogP contribution in [0.2, 0.25) is 0 Å². The highest BCUT2D eigenvalue weighted by Crippen LogP contribution is 2.23. The highest BCUT2D eigenvalue weighted by molar-refractivity contribution is 7.79. The number of benzene rings is 1. The highest BCUT2D eigenvalue weighted by Gasteiger charge is 2.31. The largest absolute Gasteiger partial charge is 0.384 e. The number of anilines is 1. The first-order valence-electron chi connectivity index (χ1n) is 6.02. The molecule has 2 amide bonds. The Labute approximate surface area is 125 Å². The molecule has 1 unspecified atom stereocenters. The molecule has 2 heterocycles. The number of carbonyl (C=O) groups excluding carboxylic acids is 2. The van der Waals surface area contributed by atoms with Crippen LogP contribution in [0.1, 0.15) is 20.7 Å². The van der Waals surface area contributed by atoms with Crippen LogP contribution in [0.15, 0.2) is 40.0 Å². The number of amides is 2. The molecule has 0 aliphatic carbocycles. The van der Waals surface area contributed by atoms with Crippen molar-refractivity contribution in [1.29, 1.82) is 0 Å². The maximum absolute atomic E-state index is 12.2. The van der Waals surface area contributed by atoms with E-state index in [0.717, 1.165) is 10.6 Å². The van der Waals surface area contributed by atoms with E-state index in [-0.39, 0.29) is 21.8 Å². The Hall–Kier alpha value is -2.78. The molecular formula is C13H9N3O5S. The van der Waals surface area contributed by atoms with Crippen molar-refractivity contribution in [2.24, 2.45) is 0 Å². The average Bonchev–Trinajstić information content (AvgIpc) is 2.74. The summed E-state index contributed by atoms with van der Waals surface area (Å²) in [4.78, 5) is 35.6. The molecule has 22 heavy (non-hydrogen) atoms. The summed E-state index contributed by atoms with van der Waals surface area (Å²) in [5.74, 6) is -1.50. The normalized spacial score (nSPS) is 14.6. The van der Waals surface area contributed by atoms with E-state index < -0.39 is 28.5 Å². The second-order valence-corrected chi connectivity index (χ2v) is 5.49. The minimum atomic E-state index is -2.14. The molecule has 0 spiro atoms. The summed E-state index contributed by atoms with van der Waals surface area (Å²) in [6.07, 6.45) is 0. The Bertz CT molecular complexity index is 901. The zero-order valence-electron chi connectivity index (χ0n) is 10.9. The van der Waals surface area contributed by atoms with Gasteiger partial charge < -0.3 is 10.3 Å². The van der Waals surface area contributed by atoms with Gasteiger partial charge in [0.15, 0.2) is 11.1 Å². The van der Waals surface area contributed by atoms with E-state index >= 15 is 0 Å². The molecule has 1 aliphatic heterocycles. The predicted molar refractivity (Wildman–Crippen MR) is 77.3 cm³/mol. The number of pyridine rings is 1. The van der Waals surface area contributed by atoms with Crippen molar-refractivity contribution in [2.75, 3.05) is 5.73 Å². The van der Waals surface area contributed by atoms with Crippen molar-refractivity contribution in [1.82, 2.24) is 9.88 Å². The Balaban J connectivity index is 2.22. The lowest BCUT2D eigenvalue weighted by molar-refractivity contribution is 0.0880. The third-order valence-corrected chi connectivity index (χ3v) is 3.93. The summed E-state index contributed by atoms with van der Waals surface area (Å²) in [5.41, 5.74) is 5.47. The molecule has 0 fully saturated rings. The van der Waals surface area contributed by atoms with Gasteiger partial charge in [0, 0.05) is 6.07 Å². The number of nitrogens with two attached hydrogens (primary N) is 1. The molecule has 1 aromatic heterocycles. The van der Waals surface area contributed by atoms with Crippen LogP contribution < -0.4 is 16.6 Å². The smallest absolute Gasteiger partial charge is 0.262 e. The third-order valence-electron chi connectivity index (χ3n) is 3.25. The summed E-state index contributed by atoms with van der Waals surface area (Å²) >= 11 is -2.14. The lowest BCUT2D eigenvalue weighted by Crippen LogP contribution is -2.24. The quantitative estimate of drug-likeness (QED) is 0.522. The molecule has 0 bridgehead atoms. The standard InChI is InChI=1S/C13H9N3O5S/c14-11-10-8(12(18)15-13(10)19)5-9(17)16(11)6-1-3-7(4-2-6)22(20)21/h1-5H,14H2,(H,20,21)(H,15,18,19). The molecular weight excluding hydrogens is 310 g/mol. The van der Waals surface area contributed by atoms with Gasteiger partial charge in [-0.3, -0.25) is 24.3 Å². The average molecular weight is 319 g/mol. The molecule has 2 aromatic rings. The predicted octanol–water partition coefficient (Wildman–Crippen LogP) is -0.116. The SMILES string of the molecule is Nc1c2c(cc(=O)n1-c1ccc(S(=O)O)cc1)C(=O)NC2=O. The first-order chi connectivity index (χ1) is 10.4. The van der Waals surface area contributed by atoms with Crippen LogP contribution in [0.4, 0.5) is 5.82 Å². The van der Waals surface area contributed by atoms with Gasteiger partial charge in [0.25, 0.3) is 17.4 Å². The second-order valence-electron chi connectivity index (χ2n) is 4.52. The molecule has 1 aromatic carbocycles. The van der Waals surface area contributed by atoms with Gasteiger partial charge in [0.05, 0.1) is 21.7 Å². The number of rotatable bonds is 2. The van der Waals surface area contributed by atoms with E-state index in [2.05, 4.69) is 5.32 Å². The Kier molecular flexibility index (Phi) is 3.15. The molecule has 3 rings (SSSR count). The van der Waals surface area contributed by atoms with Crippen LogP contribution in [-0.4, -0.2) is 25.1 Å². The van der Waals surface area contributed by atoms with Crippen molar-refractivity contribution in [3.05, 3.63) is 51.8 Å². The number of fused-ring (bicyclic) bond motifs is 1. The number of nitrogens with one attached hydrogen (secondary N) is 1. The Morgan fingerprint density at radius 3 is 2.32 bits per heavy atom. The van der Waals surface area contributed by atoms with Gasteiger partial charge in [-0.1, -0.05) is 0 Å². The molecule has 0 radical (unpaired) electrons. The van der Waals surface area contributed by atoms with E-state index in [0.29, 0.717) is 5.69 Å². The Morgan fingerprint density at radius 2 is 1.73 bits per heavy atom. The lowest BCUT2D eigenvalue weighted by Gasteiger charge is -2.11. The first kappa shape index (κ1) is 14.2. The number of imide groups is 1. The van der Waals surface area contributed by atoms with Gasteiger partial charge in [-0.25, -0.2) is 4.21 Å². The van der Waals surface area contributed by atoms with Crippen LogP contribution in [-0.2, 0) is 11.1 Å². The number of nitrogens with zero attached hydrogens (tertiary/aromatic N) is 1. The van der Waals surface area contributed by atoms with Crippen LogP contribution >= 0.6 is 0 Å². The number of nitrogen functional groups attached to an aromatic ring is 1. The van der Waals surface area contributed by atoms with E-state index in [1.54, 1.807) is 0 Å². The number of carbonyl (C=O) groups is 2. The third kappa shape index (κ3) is 2.03. The molecule has 8 nitrogen and oxygen atoms in total. The van der Waals surface area contributed by atoms with Crippen LogP contribution in [0, 0.1) is 0 Å². The molecule has 4 N–H and O–H groups in total. The van der Waals surface area contributed by atoms with Gasteiger partial charge in [-0.15, -0.1) is 0 Å². The summed E-state index contributed by atoms with van der Waals surface area (Å²) in [6.45, 7) is 0. The topological polar surface area (TPSA) is 131 Å². The van der Waals surface area contributed by atoms with E-state index in [9.17, 15) is 18.6 Å². The number of hydrogen-bond acceptors (Lipinski definition) is 5. The highest BCUT2D eigenvalue weighted by atomic mass is 32.2. The summed E-state index contributed by atoms with van der Waals surface area (Å²) in [6, 6.07) is 6.58. The van der Waals surface area contributed by atoms with Crippen molar-refractivity contribution in [3.63, 3.8) is 0 Å². The van der Waals surface area contributed by atoms with Gasteiger partial charge in [0.2, 0.25) is 0 Å². The Morgan fingerprint density at radius 1 is 1.09 bits per heavy atom. The maximum atomic E-state index is 12.2. The van der Waals surface area contributed by atoms with Gasteiger partial charge >= 0.3 is 0 Å². The fourth-order valence-corrected chi connectivity index (χ4v) is 2.63. The van der Waals surface area contributed by atoms with Crippen molar-refractivity contribution in [3.8, 4) is 5.69 Å². The fraction of sp³-hybridized carbons (Fsp3) is 0. The monoisotopic (exact) mass is 319 g/mol. The molecule has 1 aliphatic rings. The molecule has 0 saturated carbocycles. The summed E-state index contributed by atoms with van der Waals surface area (Å²) in [5, 5.41) is 2.07. The lowest BCUT2D eigenvalue weighted by atomic mass is 10.1. The molecule has 0 saturated heterocycles. The zero-order chi connectivity index (χ0) is 16.0. The van der Waals surface area contributed by atoms with E-state index in [1.165, 1.54) is 24.3 Å². The maximum Gasteiger partial charge on any atom is 0.262 e. The van der Waals surface area contributed by atoms with E-state index in [1.807, 2.05) is 0 Å². The molecule has 1 atom stereocenters. The van der Waals surface area contributed by atoms with Crippen molar-refractivity contribution in [2.45, 2.75) is 4.90 Å². The number of hydrogen-bond donors (Lipinski definition) is 3. The zero-order valence-corrected chi connectivity index (χ0v) is 11.7. The minimum Gasteiger partial charge on any atom is -0.384 e. The van der Waals surface area contributed by atoms with Crippen LogP contribution in [0.3, 0.4) is 0 Å².